The highest BCUT2D eigenvalue weighted by atomic mass is 16.5. The summed E-state index contributed by atoms with van der Waals surface area (Å²) in [6, 6.07) is 11.3. The molecule has 0 bridgehead atoms. The van der Waals surface area contributed by atoms with E-state index in [9.17, 15) is 0 Å². The highest BCUT2D eigenvalue weighted by Crippen LogP contribution is 2.25. The number of ether oxygens (including phenoxy) is 1. The molecule has 0 radical (unpaired) electrons. The molecule has 0 unspecified atom stereocenters. The van der Waals surface area contributed by atoms with E-state index in [4.69, 9.17) is 10.1 Å². The van der Waals surface area contributed by atoms with Gasteiger partial charge in [-0.15, -0.1) is 0 Å². The Bertz CT molecular complexity index is 896. The van der Waals surface area contributed by atoms with Crippen molar-refractivity contribution in [2.75, 3.05) is 17.7 Å². The van der Waals surface area contributed by atoms with Gasteiger partial charge in [-0.25, -0.2) is 15.0 Å². The maximum absolute atomic E-state index is 7.53. The topological polar surface area (TPSA) is 95.8 Å². The molecule has 3 rings (SSSR count). The monoisotopic (exact) mass is 334 g/mol. The molecule has 0 spiro atoms. The lowest BCUT2D eigenvalue weighted by molar-refractivity contribution is 0.400. The van der Waals surface area contributed by atoms with E-state index in [1.807, 2.05) is 37.3 Å². The summed E-state index contributed by atoms with van der Waals surface area (Å²) >= 11 is 0. The quantitative estimate of drug-likeness (QED) is 0.595. The van der Waals surface area contributed by atoms with E-state index in [0.717, 1.165) is 16.8 Å². The minimum Gasteiger partial charge on any atom is -0.480 e. The first-order valence-electron chi connectivity index (χ1n) is 7.66. The van der Waals surface area contributed by atoms with E-state index < -0.39 is 0 Å². The van der Waals surface area contributed by atoms with Crippen LogP contribution >= 0.6 is 0 Å². The van der Waals surface area contributed by atoms with Crippen LogP contribution in [0.5, 0.6) is 5.88 Å². The second-order valence-electron chi connectivity index (χ2n) is 5.33. The summed E-state index contributed by atoms with van der Waals surface area (Å²) in [5.74, 6) is 1.71. The summed E-state index contributed by atoms with van der Waals surface area (Å²) in [6.07, 6.45) is 4.43. The van der Waals surface area contributed by atoms with Crippen molar-refractivity contribution in [2.45, 2.75) is 6.92 Å². The van der Waals surface area contributed by atoms with Crippen LogP contribution in [0.3, 0.4) is 0 Å². The molecular formula is C18H18N6O. The zero-order chi connectivity index (χ0) is 17.6. The lowest BCUT2D eigenvalue weighted by atomic mass is 10.1. The molecule has 126 valence electrons. The third kappa shape index (κ3) is 3.89. The number of benzene rings is 1. The molecule has 2 heterocycles. The fourth-order valence-corrected chi connectivity index (χ4v) is 2.32. The van der Waals surface area contributed by atoms with Crippen LogP contribution in [0.2, 0.25) is 0 Å². The molecule has 3 N–H and O–H groups in total. The van der Waals surface area contributed by atoms with Crippen molar-refractivity contribution in [2.24, 2.45) is 0 Å². The van der Waals surface area contributed by atoms with Crippen molar-refractivity contribution in [1.82, 2.24) is 15.0 Å². The van der Waals surface area contributed by atoms with Crippen molar-refractivity contribution in [3.8, 4) is 5.88 Å². The molecule has 0 saturated heterocycles. The van der Waals surface area contributed by atoms with Crippen molar-refractivity contribution < 1.29 is 4.74 Å². The minimum atomic E-state index is 0.486. The number of methoxy groups -OCH3 is 1. The number of pyridine rings is 1. The van der Waals surface area contributed by atoms with Crippen LogP contribution in [0.25, 0.3) is 0 Å². The van der Waals surface area contributed by atoms with Gasteiger partial charge in [0.15, 0.2) is 0 Å². The van der Waals surface area contributed by atoms with Crippen LogP contribution in [-0.2, 0) is 0 Å². The zero-order valence-electron chi connectivity index (χ0n) is 13.9. The Balaban J connectivity index is 1.85. The number of nitrogens with zero attached hydrogens (tertiary/aromatic N) is 3. The van der Waals surface area contributed by atoms with E-state index >= 15 is 0 Å². The van der Waals surface area contributed by atoms with Crippen LogP contribution in [0.1, 0.15) is 11.1 Å². The highest BCUT2D eigenvalue weighted by molar-refractivity contribution is 5.87. The van der Waals surface area contributed by atoms with Gasteiger partial charge in [-0.1, -0.05) is 12.1 Å². The van der Waals surface area contributed by atoms with Crippen molar-refractivity contribution in [3.63, 3.8) is 0 Å². The molecule has 0 fully saturated rings. The second-order valence-corrected chi connectivity index (χ2v) is 5.33. The van der Waals surface area contributed by atoms with Gasteiger partial charge in [0.05, 0.1) is 7.11 Å². The van der Waals surface area contributed by atoms with Gasteiger partial charge in [-0.2, -0.15) is 0 Å². The van der Waals surface area contributed by atoms with Crippen molar-refractivity contribution in [1.29, 1.82) is 5.41 Å². The van der Waals surface area contributed by atoms with Gasteiger partial charge in [0.2, 0.25) is 5.88 Å². The number of rotatable bonds is 6. The second kappa shape index (κ2) is 7.39. The average Bonchev–Trinajstić information content (AvgIpc) is 2.63. The first kappa shape index (κ1) is 16.4. The molecule has 25 heavy (non-hydrogen) atoms. The number of hydrogen-bond acceptors (Lipinski definition) is 7. The van der Waals surface area contributed by atoms with Gasteiger partial charge in [-0.05, 0) is 30.7 Å². The summed E-state index contributed by atoms with van der Waals surface area (Å²) in [5, 5.41) is 13.9. The molecule has 0 saturated carbocycles. The van der Waals surface area contributed by atoms with Crippen molar-refractivity contribution >= 4 is 29.2 Å². The molecule has 1 aromatic carbocycles. The molecule has 0 amide bonds. The predicted octanol–water partition coefficient (Wildman–Crippen LogP) is 3.67. The smallest absolute Gasteiger partial charge is 0.237 e. The lowest BCUT2D eigenvalue weighted by Crippen LogP contribution is -2.02. The van der Waals surface area contributed by atoms with Crippen LogP contribution in [0.15, 0.2) is 48.9 Å². The van der Waals surface area contributed by atoms with E-state index in [1.165, 1.54) is 12.5 Å². The summed E-state index contributed by atoms with van der Waals surface area (Å²) in [4.78, 5) is 12.6. The Kier molecular flexibility index (Phi) is 4.84. The van der Waals surface area contributed by atoms with Gasteiger partial charge in [0.25, 0.3) is 0 Å². The Morgan fingerprint density at radius 3 is 2.48 bits per heavy atom. The number of nitrogens with one attached hydrogen (secondary N) is 3. The zero-order valence-corrected chi connectivity index (χ0v) is 13.9. The lowest BCUT2D eigenvalue weighted by Gasteiger charge is -2.12. The van der Waals surface area contributed by atoms with Gasteiger partial charge in [0, 0.05) is 29.7 Å². The molecule has 7 nitrogen and oxygen atoms in total. The van der Waals surface area contributed by atoms with Gasteiger partial charge >= 0.3 is 0 Å². The Morgan fingerprint density at radius 2 is 1.76 bits per heavy atom. The normalized spacial score (nSPS) is 10.2. The molecule has 0 aliphatic carbocycles. The fraction of sp³-hybridized carbons (Fsp3) is 0.111. The molecule has 0 aliphatic rings. The first-order valence-corrected chi connectivity index (χ1v) is 7.66. The molecule has 7 heteroatoms. The van der Waals surface area contributed by atoms with Crippen LogP contribution in [0, 0.1) is 12.3 Å². The number of anilines is 4. The Morgan fingerprint density at radius 1 is 1.00 bits per heavy atom. The van der Waals surface area contributed by atoms with E-state index in [2.05, 4.69) is 25.6 Å². The number of hydrogen-bond donors (Lipinski definition) is 3. The summed E-state index contributed by atoms with van der Waals surface area (Å²) in [6.45, 7) is 2.00. The largest absolute Gasteiger partial charge is 0.480 e. The standard InChI is InChI=1S/C18H18N6O/c1-12-5-6-13(10-19)15(8-12)24-17-9-16(21-11-22-17)23-14-4-3-7-20-18(14)25-2/h3-11,19H,1-2H3,(H2,21,22,23,24). The van der Waals surface area contributed by atoms with Crippen LogP contribution in [0.4, 0.5) is 23.0 Å². The third-order valence-corrected chi connectivity index (χ3v) is 3.52. The maximum atomic E-state index is 7.53. The summed E-state index contributed by atoms with van der Waals surface area (Å²) in [5.41, 5.74) is 3.41. The third-order valence-electron chi connectivity index (χ3n) is 3.52. The Labute approximate surface area is 145 Å². The molecule has 2 aromatic heterocycles. The molecule has 0 atom stereocenters. The number of aryl methyl sites for hydroxylation is 1. The van der Waals surface area contributed by atoms with Crippen LogP contribution in [-0.4, -0.2) is 28.3 Å². The highest BCUT2D eigenvalue weighted by Gasteiger charge is 2.07. The van der Waals surface area contributed by atoms with E-state index in [0.29, 0.717) is 23.2 Å². The van der Waals surface area contributed by atoms with Gasteiger partial charge in [-0.3, -0.25) is 0 Å². The fourth-order valence-electron chi connectivity index (χ4n) is 2.32. The first-order chi connectivity index (χ1) is 12.2. The molecular weight excluding hydrogens is 316 g/mol. The average molecular weight is 334 g/mol. The maximum Gasteiger partial charge on any atom is 0.237 e. The SMILES string of the molecule is COc1ncccc1Nc1cc(Nc2cc(C)ccc2C=N)ncn1. The molecule has 3 aromatic rings. The van der Waals surface area contributed by atoms with Crippen LogP contribution < -0.4 is 15.4 Å². The summed E-state index contributed by atoms with van der Waals surface area (Å²) < 4.78 is 5.23. The Hall–Kier alpha value is -3.48. The summed E-state index contributed by atoms with van der Waals surface area (Å²) in [7, 11) is 1.57. The van der Waals surface area contributed by atoms with E-state index in [1.54, 1.807) is 19.4 Å². The predicted molar refractivity (Wildman–Crippen MR) is 98.5 cm³/mol. The van der Waals surface area contributed by atoms with Gasteiger partial charge < -0.3 is 20.8 Å². The van der Waals surface area contributed by atoms with E-state index in [-0.39, 0.29) is 0 Å². The minimum absolute atomic E-state index is 0.486. The van der Waals surface area contributed by atoms with Crippen molar-refractivity contribution in [3.05, 3.63) is 60.0 Å². The van der Waals surface area contributed by atoms with Gasteiger partial charge in [0.1, 0.15) is 23.7 Å². The number of aromatic nitrogens is 3. The molecule has 0 aliphatic heterocycles.